The molecule has 0 rings (SSSR count). The van der Waals surface area contributed by atoms with Crippen LogP contribution in [0.2, 0.25) is 0 Å². The molecule has 0 aromatic carbocycles. The number of alkyl halides is 3. The minimum Gasteiger partial charge on any atom is -1.00 e. The minimum absolute atomic E-state index is 0. The maximum Gasteiger partial charge on any atom is 1.00 e. The van der Waals surface area contributed by atoms with Crippen molar-refractivity contribution >= 4 is 11.6 Å². The Morgan fingerprint density at radius 2 is 1.75 bits per heavy atom. The van der Waals surface area contributed by atoms with Gasteiger partial charge in [0.05, 0.1) is 0 Å². The molecule has 8 heavy (non-hydrogen) atoms. The Labute approximate surface area is 49.8 Å². The largest absolute Gasteiger partial charge is 1.00 e. The van der Waals surface area contributed by atoms with Crippen LogP contribution in [0.25, 0.3) is 0 Å². The van der Waals surface area contributed by atoms with Gasteiger partial charge in [-0.05, 0) is 0 Å². The van der Waals surface area contributed by atoms with Gasteiger partial charge in [-0.2, -0.15) is 13.2 Å². The Morgan fingerprint density at radius 1 is 1.38 bits per heavy atom. The molecule has 0 radical (unpaired) electrons. The van der Waals surface area contributed by atoms with Gasteiger partial charge in [-0.3, -0.25) is 0 Å². The summed E-state index contributed by atoms with van der Waals surface area (Å²) in [6.07, 6.45) is -4.31. The average molecular weight is 151 g/mol. The predicted octanol–water partition coefficient (Wildman–Crippen LogP) is -0.582. The second-order valence-corrected chi connectivity index (χ2v) is 1.09. The van der Waals surface area contributed by atoms with E-state index in [9.17, 15) is 13.2 Å². The maximum atomic E-state index is 10.9. The summed E-state index contributed by atoms with van der Waals surface area (Å²) in [6, 6.07) is 0. The van der Waals surface area contributed by atoms with Crippen LogP contribution < -0.4 is 4.70 Å². The highest BCUT2D eigenvalue weighted by Crippen LogP contribution is 2.15. The van der Waals surface area contributed by atoms with Gasteiger partial charge in [-0.15, -0.1) is 0 Å². The van der Waals surface area contributed by atoms with Crippen molar-refractivity contribution in [3.63, 3.8) is 0 Å². The van der Waals surface area contributed by atoms with Crippen molar-refractivity contribution in [2.24, 2.45) is 0 Å². The van der Waals surface area contributed by atoms with Gasteiger partial charge in [0.25, 0.3) is 0 Å². The van der Waals surface area contributed by atoms with Crippen LogP contribution in [0, 0.1) is 0 Å². The van der Waals surface area contributed by atoms with Gasteiger partial charge in [0, 0.05) is 11.6 Å². The molecule has 0 spiro atoms. The van der Waals surface area contributed by atoms with Crippen LogP contribution in [0.5, 0.6) is 0 Å². The molecule has 0 heterocycles. The molecule has 0 bridgehead atoms. The second-order valence-electron chi connectivity index (χ2n) is 0.834. The van der Waals surface area contributed by atoms with Gasteiger partial charge >= 0.3 is 7.60 Å². The van der Waals surface area contributed by atoms with E-state index in [4.69, 9.17) is 0 Å². The lowest BCUT2D eigenvalue weighted by Gasteiger charge is -1.92. The summed E-state index contributed by atoms with van der Waals surface area (Å²) in [5, 5.41) is 0. The van der Waals surface area contributed by atoms with E-state index in [1.54, 1.807) is 0 Å². The molecule has 0 aliphatic heterocycles. The van der Waals surface area contributed by atoms with Crippen LogP contribution in [0.3, 0.4) is 0 Å². The van der Waals surface area contributed by atoms with Crippen LogP contribution >= 0.6 is 11.6 Å². The van der Waals surface area contributed by atoms with E-state index in [2.05, 4.69) is 11.6 Å². The van der Waals surface area contributed by atoms with E-state index in [1.165, 1.54) is 0 Å². The Balaban J connectivity index is -0.000000180. The van der Waals surface area contributed by atoms with Crippen LogP contribution in [-0.4, -0.2) is 6.18 Å². The molecule has 0 aromatic heterocycles. The molecule has 0 saturated carbocycles. The summed E-state index contributed by atoms with van der Waals surface area (Å²) in [6.45, 7) is 0. The summed E-state index contributed by atoms with van der Waals surface area (Å²) in [5.74, 6) is 0. The van der Waals surface area contributed by atoms with Gasteiger partial charge in [-0.25, -0.2) is 0 Å². The molecule has 0 saturated heterocycles. The third kappa shape index (κ3) is 9.23. The molecule has 0 amide bonds. The first kappa shape index (κ1) is 10.7. The van der Waals surface area contributed by atoms with Crippen molar-refractivity contribution in [3.05, 3.63) is 11.6 Å². The van der Waals surface area contributed by atoms with Gasteiger partial charge < -0.3 is 4.70 Å². The summed E-state index contributed by atoms with van der Waals surface area (Å²) >= 11 is 4.59. The molecular weight excluding hydrogens is 147 g/mol. The van der Waals surface area contributed by atoms with Crippen molar-refractivity contribution < 1.29 is 19.3 Å². The molecule has 0 atom stereocenters. The van der Waals surface area contributed by atoms with Crippen molar-refractivity contribution in [2.45, 2.75) is 6.18 Å². The minimum atomic E-state index is -4.26. The van der Waals surface area contributed by atoms with Crippen molar-refractivity contribution in [2.75, 3.05) is 0 Å². The molecule has 5 heteroatoms. The zero-order valence-corrected chi connectivity index (χ0v) is 4.30. The number of allylic oxidation sites excluding steroid dienone is 1. The van der Waals surface area contributed by atoms with E-state index in [-0.39, 0.29) is 12.2 Å². The highest BCUT2D eigenvalue weighted by Gasteiger charge is 2.21. The number of hydrogen-bond acceptors (Lipinski definition) is 0. The fourth-order valence-corrected chi connectivity index (χ4v) is 0.214. The van der Waals surface area contributed by atoms with Crippen LogP contribution in [0.4, 0.5) is 13.2 Å². The van der Waals surface area contributed by atoms with Crippen molar-refractivity contribution in [1.29, 1.82) is 0 Å². The monoisotopic (exact) mass is 150 g/mol. The second kappa shape index (κ2) is 3.72. The fourth-order valence-electron chi connectivity index (χ4n) is 0.0714. The maximum absolute atomic E-state index is 10.9. The molecule has 0 aromatic rings. The van der Waals surface area contributed by atoms with Crippen molar-refractivity contribution in [1.82, 2.24) is 0 Å². The zero-order chi connectivity index (χ0) is 5.91. The standard InChI is InChI=1S/C3H2ClF3.FH/c4-2-1-3(5,6)7;/h1-2H;1H/b2-1-;. The van der Waals surface area contributed by atoms with E-state index in [1.807, 2.05) is 0 Å². The van der Waals surface area contributed by atoms with Gasteiger partial charge in [0.2, 0.25) is 0 Å². The van der Waals surface area contributed by atoms with E-state index in [0.717, 1.165) is 0 Å². The highest BCUT2D eigenvalue weighted by molar-refractivity contribution is 6.25. The molecule has 0 unspecified atom stereocenters. The van der Waals surface area contributed by atoms with Crippen LogP contribution in [0.1, 0.15) is 1.43 Å². The Morgan fingerprint density at radius 3 is 1.75 bits per heavy atom. The molecule has 0 N–H and O–H groups in total. The first-order valence-corrected chi connectivity index (χ1v) is 1.84. The van der Waals surface area contributed by atoms with Gasteiger partial charge in [-0.1, -0.05) is 11.6 Å². The first-order valence-electron chi connectivity index (χ1n) is 1.41. The zero-order valence-electron chi connectivity index (χ0n) is 4.54. The topological polar surface area (TPSA) is 0 Å². The van der Waals surface area contributed by atoms with E-state index < -0.39 is 6.18 Å². The first-order chi connectivity index (χ1) is 3.06. The normalized spacial score (nSPS) is 11.5. The molecule has 50 valence electrons. The number of hydrogen-bond donors (Lipinski definition) is 0. The lowest BCUT2D eigenvalue weighted by Crippen LogP contribution is -3.00. The number of halogens is 5. The van der Waals surface area contributed by atoms with Crippen LogP contribution in [-0.2, 0) is 0 Å². The lowest BCUT2D eigenvalue weighted by molar-refractivity contribution is -0.0796. The lowest BCUT2D eigenvalue weighted by atomic mass is 10.6. The SMILES string of the molecule is FC(F)(F)/C=C\Cl.[F-].[H+]. The van der Waals surface area contributed by atoms with E-state index >= 15 is 0 Å². The summed E-state index contributed by atoms with van der Waals surface area (Å²) < 4.78 is 32.7. The Hall–Kier alpha value is -0.250. The summed E-state index contributed by atoms with van der Waals surface area (Å²) in [5.41, 5.74) is 0.431. The molecule has 0 fully saturated rings. The smallest absolute Gasteiger partial charge is 1.00 e. The van der Waals surface area contributed by atoms with Crippen molar-refractivity contribution in [3.8, 4) is 0 Å². The van der Waals surface area contributed by atoms with E-state index in [0.29, 0.717) is 5.54 Å². The van der Waals surface area contributed by atoms with Gasteiger partial charge in [0.1, 0.15) is 0 Å². The molecule has 0 aliphatic carbocycles. The fraction of sp³-hybridized carbons (Fsp3) is 0.333. The quantitative estimate of drug-likeness (QED) is 0.405. The molecule has 0 nitrogen and oxygen atoms in total. The summed E-state index contributed by atoms with van der Waals surface area (Å²) in [4.78, 5) is 0. The number of rotatable bonds is 0. The Kier molecular flexibility index (Phi) is 4.96. The molecule has 0 aliphatic rings. The average Bonchev–Trinajstić information content (AvgIpc) is 1.30. The summed E-state index contributed by atoms with van der Waals surface area (Å²) in [7, 11) is 0. The Bertz CT molecular complexity index is 78.4. The third-order valence-corrected chi connectivity index (χ3v) is 0.378. The van der Waals surface area contributed by atoms with Gasteiger partial charge in [0.15, 0.2) is 0 Å². The predicted molar refractivity (Wildman–Crippen MR) is 22.2 cm³/mol. The third-order valence-electron chi connectivity index (χ3n) is 0.252. The highest BCUT2D eigenvalue weighted by atomic mass is 35.5. The van der Waals surface area contributed by atoms with Crippen LogP contribution in [0.15, 0.2) is 11.6 Å². The molecular formula is C3H3ClF4.